The van der Waals surface area contributed by atoms with Crippen LogP contribution in [0.2, 0.25) is 0 Å². The number of aliphatic hydroxyl groups is 1. The fourth-order valence-corrected chi connectivity index (χ4v) is 4.82. The summed E-state index contributed by atoms with van der Waals surface area (Å²) in [5.41, 5.74) is 6.01. The Labute approximate surface area is 175 Å². The third kappa shape index (κ3) is 4.20. The van der Waals surface area contributed by atoms with Gasteiger partial charge in [-0.05, 0) is 68.5 Å². The quantitative estimate of drug-likeness (QED) is 0.600. The lowest BCUT2D eigenvalue weighted by molar-refractivity contribution is 0.241. The first-order chi connectivity index (χ1) is 14.1. The molecular weight excluding hydrogens is 382 g/mol. The highest BCUT2D eigenvalue weighted by Crippen LogP contribution is 2.40. The molecule has 29 heavy (non-hydrogen) atoms. The smallest absolute Gasteiger partial charge is 0.148 e. The van der Waals surface area contributed by atoms with Gasteiger partial charge in [-0.15, -0.1) is 10.2 Å². The van der Waals surface area contributed by atoms with Crippen LogP contribution in [0.5, 0.6) is 5.75 Å². The maximum Gasteiger partial charge on any atom is 0.148 e. The average Bonchev–Trinajstić information content (AvgIpc) is 3.35. The van der Waals surface area contributed by atoms with Gasteiger partial charge in [0.05, 0.1) is 12.7 Å². The van der Waals surface area contributed by atoms with Crippen molar-refractivity contribution in [3.8, 4) is 26.9 Å². The molecule has 0 radical (unpaired) electrons. The summed E-state index contributed by atoms with van der Waals surface area (Å²) in [6, 6.07) is 12.9. The van der Waals surface area contributed by atoms with Crippen LogP contribution in [0, 0.1) is 6.92 Å². The van der Waals surface area contributed by atoms with Gasteiger partial charge in [-0.25, -0.2) is 0 Å². The van der Waals surface area contributed by atoms with Gasteiger partial charge in [-0.1, -0.05) is 29.5 Å². The van der Waals surface area contributed by atoms with E-state index in [4.69, 9.17) is 9.84 Å². The van der Waals surface area contributed by atoms with Crippen molar-refractivity contribution in [1.82, 2.24) is 15.5 Å². The Morgan fingerprint density at radius 2 is 2.03 bits per heavy atom. The summed E-state index contributed by atoms with van der Waals surface area (Å²) in [6.45, 7) is 6.91. The standard InChI is InChI=1S/C23H27N3O2S/c1-14(2)28-21-10-7-16(13-15(21)3)22-25-26-23(29-22)19-6-4-5-18-17(19)8-9-20(18)24-11-12-27/h4-7,10,13-14,20,24,27H,8-9,11-12H2,1-3H3. The van der Waals surface area contributed by atoms with E-state index in [1.165, 1.54) is 16.7 Å². The number of nitrogens with zero attached hydrogens (tertiary/aromatic N) is 2. The molecule has 0 aliphatic heterocycles. The number of benzene rings is 2. The predicted molar refractivity (Wildman–Crippen MR) is 117 cm³/mol. The van der Waals surface area contributed by atoms with Gasteiger partial charge in [-0.3, -0.25) is 0 Å². The van der Waals surface area contributed by atoms with Gasteiger partial charge >= 0.3 is 0 Å². The molecule has 1 unspecified atom stereocenters. The molecule has 4 rings (SSSR count). The van der Waals surface area contributed by atoms with Crippen LogP contribution in [-0.4, -0.2) is 34.6 Å². The number of aromatic nitrogens is 2. The van der Waals surface area contributed by atoms with Gasteiger partial charge in [0, 0.05) is 23.7 Å². The number of rotatable bonds is 7. The molecule has 0 amide bonds. The van der Waals surface area contributed by atoms with Gasteiger partial charge in [0.2, 0.25) is 0 Å². The van der Waals surface area contributed by atoms with Gasteiger partial charge in [0.1, 0.15) is 15.8 Å². The minimum Gasteiger partial charge on any atom is -0.491 e. The van der Waals surface area contributed by atoms with E-state index in [9.17, 15) is 0 Å². The van der Waals surface area contributed by atoms with E-state index in [0.29, 0.717) is 12.6 Å². The van der Waals surface area contributed by atoms with Crippen molar-refractivity contribution in [3.63, 3.8) is 0 Å². The van der Waals surface area contributed by atoms with E-state index < -0.39 is 0 Å². The lowest BCUT2D eigenvalue weighted by Crippen LogP contribution is -2.22. The molecule has 0 fully saturated rings. The van der Waals surface area contributed by atoms with Crippen LogP contribution in [0.3, 0.4) is 0 Å². The molecule has 1 aliphatic rings. The Kier molecular flexibility index (Phi) is 5.94. The minimum atomic E-state index is 0.156. The molecule has 2 aromatic carbocycles. The highest BCUT2D eigenvalue weighted by Gasteiger charge is 2.25. The molecule has 1 aromatic heterocycles. The van der Waals surface area contributed by atoms with E-state index in [-0.39, 0.29) is 12.7 Å². The topological polar surface area (TPSA) is 67.3 Å². The van der Waals surface area contributed by atoms with E-state index >= 15 is 0 Å². The number of aliphatic hydroxyl groups excluding tert-OH is 1. The Balaban J connectivity index is 1.61. The summed E-state index contributed by atoms with van der Waals surface area (Å²) in [5, 5.41) is 23.4. The summed E-state index contributed by atoms with van der Waals surface area (Å²) in [4.78, 5) is 0. The Morgan fingerprint density at radius 3 is 2.79 bits per heavy atom. The van der Waals surface area contributed by atoms with Gasteiger partial charge < -0.3 is 15.2 Å². The lowest BCUT2D eigenvalue weighted by atomic mass is 10.0. The maximum absolute atomic E-state index is 9.11. The van der Waals surface area contributed by atoms with Crippen LogP contribution >= 0.6 is 11.3 Å². The molecule has 1 aliphatic carbocycles. The number of fused-ring (bicyclic) bond motifs is 1. The second-order valence-electron chi connectivity index (χ2n) is 7.70. The molecule has 0 spiro atoms. The number of hydrogen-bond donors (Lipinski definition) is 2. The molecular formula is C23H27N3O2S. The second kappa shape index (κ2) is 8.61. The minimum absolute atomic E-state index is 0.156. The largest absolute Gasteiger partial charge is 0.491 e. The number of ether oxygens (including phenoxy) is 1. The summed E-state index contributed by atoms with van der Waals surface area (Å²) in [5.74, 6) is 0.913. The van der Waals surface area contributed by atoms with Crippen molar-refractivity contribution in [2.45, 2.75) is 45.8 Å². The molecule has 1 heterocycles. The zero-order valence-corrected chi connectivity index (χ0v) is 17.9. The van der Waals surface area contributed by atoms with Crippen LogP contribution in [0.25, 0.3) is 21.1 Å². The van der Waals surface area contributed by atoms with Crippen LogP contribution < -0.4 is 10.1 Å². The third-order valence-corrected chi connectivity index (χ3v) is 6.22. The first kappa shape index (κ1) is 20.0. The zero-order chi connectivity index (χ0) is 20.4. The Morgan fingerprint density at radius 1 is 1.21 bits per heavy atom. The molecule has 5 nitrogen and oxygen atoms in total. The fourth-order valence-electron chi connectivity index (χ4n) is 3.92. The average molecular weight is 410 g/mol. The predicted octanol–water partition coefficient (Wildman–Crippen LogP) is 4.54. The van der Waals surface area contributed by atoms with Crippen LogP contribution in [-0.2, 0) is 6.42 Å². The summed E-state index contributed by atoms with van der Waals surface area (Å²) < 4.78 is 5.84. The molecule has 0 saturated carbocycles. The van der Waals surface area contributed by atoms with E-state index in [2.05, 4.69) is 52.8 Å². The van der Waals surface area contributed by atoms with Gasteiger partial charge in [0.25, 0.3) is 0 Å². The first-order valence-corrected chi connectivity index (χ1v) is 11.0. The number of hydrogen-bond acceptors (Lipinski definition) is 6. The fraction of sp³-hybridized carbons (Fsp3) is 0.391. The number of nitrogens with one attached hydrogen (secondary N) is 1. The summed E-state index contributed by atoms with van der Waals surface area (Å²) in [7, 11) is 0. The summed E-state index contributed by atoms with van der Waals surface area (Å²) in [6.07, 6.45) is 2.22. The highest BCUT2D eigenvalue weighted by molar-refractivity contribution is 7.17. The molecule has 152 valence electrons. The Hall–Kier alpha value is -2.28. The maximum atomic E-state index is 9.11. The lowest BCUT2D eigenvalue weighted by Gasteiger charge is -2.13. The monoisotopic (exact) mass is 409 g/mol. The van der Waals surface area contributed by atoms with Crippen molar-refractivity contribution in [2.75, 3.05) is 13.2 Å². The van der Waals surface area contributed by atoms with E-state index in [1.54, 1.807) is 11.3 Å². The van der Waals surface area contributed by atoms with Crippen molar-refractivity contribution in [1.29, 1.82) is 0 Å². The molecule has 0 bridgehead atoms. The van der Waals surface area contributed by atoms with Crippen molar-refractivity contribution in [2.24, 2.45) is 0 Å². The van der Waals surface area contributed by atoms with Crippen LogP contribution in [0.15, 0.2) is 36.4 Å². The SMILES string of the molecule is Cc1cc(-c2nnc(-c3cccc4c3CCC4NCCO)s2)ccc1OC(C)C. The van der Waals surface area contributed by atoms with Crippen molar-refractivity contribution >= 4 is 11.3 Å². The molecule has 6 heteroatoms. The highest BCUT2D eigenvalue weighted by atomic mass is 32.1. The molecule has 2 N–H and O–H groups in total. The molecule has 1 atom stereocenters. The van der Waals surface area contributed by atoms with Gasteiger partial charge in [0.15, 0.2) is 0 Å². The number of aryl methyl sites for hydroxylation is 1. The van der Waals surface area contributed by atoms with Gasteiger partial charge in [-0.2, -0.15) is 0 Å². The van der Waals surface area contributed by atoms with E-state index in [0.717, 1.165) is 39.7 Å². The van der Waals surface area contributed by atoms with Crippen LogP contribution in [0.4, 0.5) is 0 Å². The van der Waals surface area contributed by atoms with E-state index in [1.807, 2.05) is 19.9 Å². The first-order valence-electron chi connectivity index (χ1n) is 10.1. The van der Waals surface area contributed by atoms with Crippen LogP contribution in [0.1, 0.15) is 43.0 Å². The third-order valence-electron chi connectivity index (χ3n) is 5.21. The zero-order valence-electron chi connectivity index (χ0n) is 17.1. The normalized spacial score (nSPS) is 15.7. The second-order valence-corrected chi connectivity index (χ2v) is 8.68. The molecule has 3 aromatic rings. The van der Waals surface area contributed by atoms with Crippen molar-refractivity contribution in [3.05, 3.63) is 53.1 Å². The Bertz CT molecular complexity index is 1000. The summed E-state index contributed by atoms with van der Waals surface area (Å²) >= 11 is 1.63. The molecule has 0 saturated heterocycles. The van der Waals surface area contributed by atoms with Crippen molar-refractivity contribution < 1.29 is 9.84 Å².